The van der Waals surface area contributed by atoms with Crippen LogP contribution < -0.4 is 4.90 Å². The average Bonchev–Trinajstić information content (AvgIpc) is 3.02. The normalized spacial score (nSPS) is 18.5. The van der Waals surface area contributed by atoms with Crippen molar-refractivity contribution in [1.29, 1.82) is 0 Å². The van der Waals surface area contributed by atoms with Gasteiger partial charge in [-0.1, -0.05) is 36.4 Å². The van der Waals surface area contributed by atoms with Crippen molar-refractivity contribution in [2.45, 2.75) is 19.8 Å². The number of rotatable bonds is 6. The van der Waals surface area contributed by atoms with Gasteiger partial charge in [-0.2, -0.15) is 0 Å². The molecule has 0 saturated carbocycles. The van der Waals surface area contributed by atoms with Gasteiger partial charge < -0.3 is 9.64 Å². The van der Waals surface area contributed by atoms with Crippen LogP contribution in [-0.4, -0.2) is 48.9 Å². The molecule has 0 aliphatic carbocycles. The molecule has 2 amide bonds. The monoisotopic (exact) mass is 422 g/mol. The van der Waals surface area contributed by atoms with Crippen molar-refractivity contribution in [1.82, 2.24) is 4.90 Å². The van der Waals surface area contributed by atoms with Crippen LogP contribution in [0.1, 0.15) is 23.1 Å². The van der Waals surface area contributed by atoms with Crippen molar-refractivity contribution in [3.8, 4) is 0 Å². The van der Waals surface area contributed by atoms with Gasteiger partial charge in [-0.05, 0) is 66.4 Å². The molecule has 0 radical (unpaired) electrons. The van der Waals surface area contributed by atoms with Crippen LogP contribution >= 0.6 is 11.8 Å². The third-order valence-electron chi connectivity index (χ3n) is 5.43. The molecule has 2 aromatic carbocycles. The number of morpholine rings is 1. The van der Waals surface area contributed by atoms with Gasteiger partial charge in [0.2, 0.25) is 0 Å². The number of hydrogen-bond donors (Lipinski definition) is 0. The Bertz CT molecular complexity index is 952. The Morgan fingerprint density at radius 3 is 2.57 bits per heavy atom. The molecule has 0 bridgehead atoms. The van der Waals surface area contributed by atoms with Crippen molar-refractivity contribution in [2.75, 3.05) is 37.7 Å². The number of carbonyl (C=O) groups is 2. The zero-order valence-electron chi connectivity index (χ0n) is 17.2. The number of amides is 2. The lowest BCUT2D eigenvalue weighted by molar-refractivity contribution is -0.122. The van der Waals surface area contributed by atoms with Crippen molar-refractivity contribution < 1.29 is 14.3 Å². The van der Waals surface area contributed by atoms with E-state index in [1.54, 1.807) is 0 Å². The van der Waals surface area contributed by atoms with Gasteiger partial charge in [-0.3, -0.25) is 14.5 Å². The number of nitrogens with zero attached hydrogens (tertiary/aromatic N) is 2. The molecule has 0 N–H and O–H groups in total. The molecule has 0 atom stereocenters. The van der Waals surface area contributed by atoms with Gasteiger partial charge in [0.25, 0.3) is 11.1 Å². The molecule has 2 saturated heterocycles. The molecule has 4 rings (SSSR count). The molecule has 0 spiro atoms. The van der Waals surface area contributed by atoms with E-state index in [-0.39, 0.29) is 11.1 Å². The predicted molar refractivity (Wildman–Crippen MR) is 122 cm³/mol. The summed E-state index contributed by atoms with van der Waals surface area (Å²) in [7, 11) is 0. The van der Waals surface area contributed by atoms with Crippen LogP contribution in [0.5, 0.6) is 0 Å². The highest BCUT2D eigenvalue weighted by Gasteiger charge is 2.34. The highest BCUT2D eigenvalue weighted by molar-refractivity contribution is 8.18. The number of anilines is 1. The van der Waals surface area contributed by atoms with E-state index in [1.807, 2.05) is 30.3 Å². The van der Waals surface area contributed by atoms with E-state index in [4.69, 9.17) is 4.74 Å². The molecular formula is C24H26N2O3S. The van der Waals surface area contributed by atoms with Crippen molar-refractivity contribution in [3.63, 3.8) is 0 Å². The summed E-state index contributed by atoms with van der Waals surface area (Å²) in [6.07, 6.45) is 3.45. The minimum atomic E-state index is -0.187. The second-order valence-corrected chi connectivity index (χ2v) is 8.56. The molecule has 2 fully saturated rings. The first-order valence-electron chi connectivity index (χ1n) is 10.3. The summed E-state index contributed by atoms with van der Waals surface area (Å²) in [5.74, 6) is -0.187. The first kappa shape index (κ1) is 20.7. The van der Waals surface area contributed by atoms with E-state index in [0.717, 1.165) is 62.0 Å². The Morgan fingerprint density at radius 2 is 1.83 bits per heavy atom. The van der Waals surface area contributed by atoms with Crippen LogP contribution in [0.4, 0.5) is 10.5 Å². The SMILES string of the molecule is Cc1cc(/C=C2/SC(=O)N(CCCc3ccccc3)C2=O)ccc1N1CCOCC1. The maximum atomic E-state index is 12.8. The van der Waals surface area contributed by atoms with E-state index in [2.05, 4.69) is 36.1 Å². The Balaban J connectivity index is 1.40. The van der Waals surface area contributed by atoms with Crippen LogP contribution in [0.25, 0.3) is 6.08 Å². The minimum absolute atomic E-state index is 0.180. The lowest BCUT2D eigenvalue weighted by atomic mass is 10.1. The number of carbonyl (C=O) groups excluding carboxylic acids is 2. The van der Waals surface area contributed by atoms with Crippen LogP contribution in [0.3, 0.4) is 0 Å². The summed E-state index contributed by atoms with van der Waals surface area (Å²) in [6, 6.07) is 16.3. The first-order chi connectivity index (χ1) is 14.6. The molecule has 6 heteroatoms. The van der Waals surface area contributed by atoms with E-state index in [9.17, 15) is 9.59 Å². The van der Waals surface area contributed by atoms with Crippen molar-refractivity contribution in [2.24, 2.45) is 0 Å². The number of ether oxygens (including phenoxy) is 1. The Hall–Kier alpha value is -2.57. The zero-order valence-corrected chi connectivity index (χ0v) is 18.0. The van der Waals surface area contributed by atoms with E-state index >= 15 is 0 Å². The topological polar surface area (TPSA) is 49.9 Å². The van der Waals surface area contributed by atoms with Crippen LogP contribution in [0.15, 0.2) is 53.4 Å². The summed E-state index contributed by atoms with van der Waals surface area (Å²) in [5, 5.41) is -0.180. The standard InChI is InChI=1S/C24H26N2O3S/c1-18-16-20(9-10-21(18)25-12-14-29-15-13-25)17-22-23(27)26(24(28)30-22)11-5-8-19-6-3-2-4-7-19/h2-4,6-7,9-10,16-17H,5,8,11-15H2,1H3/b22-17+. The quantitative estimate of drug-likeness (QED) is 0.642. The maximum absolute atomic E-state index is 12.8. The Morgan fingerprint density at radius 1 is 1.07 bits per heavy atom. The summed E-state index contributed by atoms with van der Waals surface area (Å²) >= 11 is 1.03. The lowest BCUT2D eigenvalue weighted by Gasteiger charge is -2.30. The third-order valence-corrected chi connectivity index (χ3v) is 6.34. The number of thioether (sulfide) groups is 1. The van der Waals surface area contributed by atoms with Gasteiger partial charge in [-0.25, -0.2) is 0 Å². The fraction of sp³-hybridized carbons (Fsp3) is 0.333. The number of hydrogen-bond acceptors (Lipinski definition) is 5. The third kappa shape index (κ3) is 4.77. The van der Waals surface area contributed by atoms with E-state index in [1.165, 1.54) is 16.2 Å². The molecular weight excluding hydrogens is 396 g/mol. The molecule has 2 aliphatic heterocycles. The molecule has 156 valence electrons. The minimum Gasteiger partial charge on any atom is -0.378 e. The highest BCUT2D eigenvalue weighted by Crippen LogP contribution is 2.33. The summed E-state index contributed by atoms with van der Waals surface area (Å²) in [4.78, 5) is 29.3. The summed E-state index contributed by atoms with van der Waals surface area (Å²) in [5.41, 5.74) is 4.52. The van der Waals surface area contributed by atoms with Gasteiger partial charge in [0, 0.05) is 25.3 Å². The van der Waals surface area contributed by atoms with Gasteiger partial charge in [-0.15, -0.1) is 0 Å². The smallest absolute Gasteiger partial charge is 0.293 e. The van der Waals surface area contributed by atoms with Gasteiger partial charge in [0.15, 0.2) is 0 Å². The Kier molecular flexibility index (Phi) is 6.55. The molecule has 0 unspecified atom stereocenters. The molecule has 2 aliphatic rings. The highest BCUT2D eigenvalue weighted by atomic mass is 32.2. The van der Waals surface area contributed by atoms with Gasteiger partial charge in [0.1, 0.15) is 0 Å². The molecule has 5 nitrogen and oxygen atoms in total. The van der Waals surface area contributed by atoms with Gasteiger partial charge >= 0.3 is 0 Å². The average molecular weight is 423 g/mol. The fourth-order valence-corrected chi connectivity index (χ4v) is 4.72. The fourth-order valence-electron chi connectivity index (χ4n) is 3.86. The van der Waals surface area contributed by atoms with Gasteiger partial charge in [0.05, 0.1) is 18.1 Å². The molecule has 0 aromatic heterocycles. The van der Waals surface area contributed by atoms with Crippen LogP contribution in [0.2, 0.25) is 0 Å². The number of imide groups is 1. The van der Waals surface area contributed by atoms with Crippen LogP contribution in [0, 0.1) is 6.92 Å². The van der Waals surface area contributed by atoms with E-state index < -0.39 is 0 Å². The Labute approximate surface area is 181 Å². The largest absolute Gasteiger partial charge is 0.378 e. The maximum Gasteiger partial charge on any atom is 0.293 e. The lowest BCUT2D eigenvalue weighted by Crippen LogP contribution is -2.36. The van der Waals surface area contributed by atoms with Crippen molar-refractivity contribution >= 4 is 34.7 Å². The molecule has 2 heterocycles. The van der Waals surface area contributed by atoms with E-state index in [0.29, 0.717) is 11.4 Å². The second-order valence-electron chi connectivity index (χ2n) is 7.57. The predicted octanol–water partition coefficient (Wildman–Crippen LogP) is 4.50. The summed E-state index contributed by atoms with van der Waals surface area (Å²) in [6.45, 7) is 5.81. The number of benzene rings is 2. The van der Waals surface area contributed by atoms with Crippen LogP contribution in [-0.2, 0) is 16.0 Å². The first-order valence-corrected chi connectivity index (χ1v) is 11.2. The van der Waals surface area contributed by atoms with Crippen molar-refractivity contribution in [3.05, 3.63) is 70.1 Å². The number of aryl methyl sites for hydroxylation is 2. The zero-order chi connectivity index (χ0) is 20.9. The molecule has 30 heavy (non-hydrogen) atoms. The summed E-state index contributed by atoms with van der Waals surface area (Å²) < 4.78 is 5.43. The molecule has 2 aromatic rings. The second kappa shape index (κ2) is 9.49.